The van der Waals surface area contributed by atoms with Crippen LogP contribution >= 0.6 is 11.3 Å². The molecule has 6 heteroatoms. The Labute approximate surface area is 161 Å². The topological polar surface area (TPSA) is 55.6 Å². The van der Waals surface area contributed by atoms with Crippen LogP contribution in [0.25, 0.3) is 16.2 Å². The molecule has 4 rings (SSSR count). The molecule has 1 amide bonds. The van der Waals surface area contributed by atoms with Gasteiger partial charge in [-0.2, -0.15) is 0 Å². The van der Waals surface area contributed by atoms with Crippen molar-refractivity contribution in [2.75, 3.05) is 11.9 Å². The van der Waals surface area contributed by atoms with E-state index < -0.39 is 0 Å². The number of carbonyl (C=O) groups is 1. The van der Waals surface area contributed by atoms with Crippen LogP contribution in [0.3, 0.4) is 0 Å². The number of nitrogens with one attached hydrogen (secondary N) is 1. The number of thiazole rings is 1. The molecule has 27 heavy (non-hydrogen) atoms. The van der Waals surface area contributed by atoms with E-state index in [-0.39, 0.29) is 5.91 Å². The maximum absolute atomic E-state index is 12.3. The SMILES string of the molecule is CCOc1ccc(CC(=O)Nc2ccc(-c3cn4ccsc4n3)cc2)cc1. The van der Waals surface area contributed by atoms with Crippen molar-refractivity contribution in [3.05, 3.63) is 71.9 Å². The lowest BCUT2D eigenvalue weighted by Gasteiger charge is -2.07. The number of benzene rings is 2. The number of carbonyl (C=O) groups excluding carboxylic acids is 1. The predicted molar refractivity (Wildman–Crippen MR) is 108 cm³/mol. The van der Waals surface area contributed by atoms with Gasteiger partial charge in [0.15, 0.2) is 4.96 Å². The molecule has 5 nitrogen and oxygen atoms in total. The van der Waals surface area contributed by atoms with Crippen molar-refractivity contribution in [1.29, 1.82) is 0 Å². The molecule has 2 aromatic carbocycles. The third-order valence-electron chi connectivity index (χ3n) is 4.16. The van der Waals surface area contributed by atoms with Crippen molar-refractivity contribution in [1.82, 2.24) is 9.38 Å². The monoisotopic (exact) mass is 377 g/mol. The number of anilines is 1. The second-order valence-corrected chi connectivity index (χ2v) is 6.97. The first-order valence-corrected chi connectivity index (χ1v) is 9.63. The zero-order valence-corrected chi connectivity index (χ0v) is 15.7. The zero-order chi connectivity index (χ0) is 18.6. The molecule has 0 aliphatic carbocycles. The minimum Gasteiger partial charge on any atom is -0.494 e. The molecule has 1 N–H and O–H groups in total. The van der Waals surface area contributed by atoms with E-state index in [1.807, 2.05) is 77.6 Å². The molecule has 2 heterocycles. The van der Waals surface area contributed by atoms with Crippen LogP contribution in [0.15, 0.2) is 66.3 Å². The highest BCUT2D eigenvalue weighted by molar-refractivity contribution is 7.15. The number of imidazole rings is 1. The molecule has 0 saturated heterocycles. The van der Waals surface area contributed by atoms with Crippen molar-refractivity contribution >= 4 is 27.9 Å². The van der Waals surface area contributed by atoms with Gasteiger partial charge in [-0.1, -0.05) is 24.3 Å². The van der Waals surface area contributed by atoms with Gasteiger partial charge < -0.3 is 10.1 Å². The quantitative estimate of drug-likeness (QED) is 0.532. The molecular weight excluding hydrogens is 358 g/mol. The Bertz CT molecular complexity index is 1020. The molecular formula is C21H19N3O2S. The first-order chi connectivity index (χ1) is 13.2. The smallest absolute Gasteiger partial charge is 0.228 e. The molecule has 0 radical (unpaired) electrons. The number of fused-ring (bicyclic) bond motifs is 1. The van der Waals surface area contributed by atoms with E-state index >= 15 is 0 Å². The van der Waals surface area contributed by atoms with Crippen molar-refractivity contribution < 1.29 is 9.53 Å². The Morgan fingerprint density at radius 2 is 1.93 bits per heavy atom. The second kappa shape index (κ2) is 7.63. The minimum absolute atomic E-state index is 0.0468. The summed E-state index contributed by atoms with van der Waals surface area (Å²) in [5, 5.41) is 4.95. The van der Waals surface area contributed by atoms with Gasteiger partial charge in [-0.05, 0) is 36.8 Å². The Balaban J connectivity index is 1.38. The van der Waals surface area contributed by atoms with E-state index in [1.54, 1.807) is 11.3 Å². The van der Waals surface area contributed by atoms with Gasteiger partial charge in [0.1, 0.15) is 5.75 Å². The lowest BCUT2D eigenvalue weighted by molar-refractivity contribution is -0.115. The van der Waals surface area contributed by atoms with Crippen LogP contribution in [0.1, 0.15) is 12.5 Å². The summed E-state index contributed by atoms with van der Waals surface area (Å²) in [4.78, 5) is 17.8. The van der Waals surface area contributed by atoms with Gasteiger partial charge in [-0.3, -0.25) is 9.20 Å². The van der Waals surface area contributed by atoms with Crippen LogP contribution in [-0.2, 0) is 11.2 Å². The predicted octanol–water partition coefficient (Wildman–Crippen LogP) is 4.64. The lowest BCUT2D eigenvalue weighted by Crippen LogP contribution is -2.14. The summed E-state index contributed by atoms with van der Waals surface area (Å²) >= 11 is 1.61. The highest BCUT2D eigenvalue weighted by Gasteiger charge is 2.07. The van der Waals surface area contributed by atoms with E-state index in [4.69, 9.17) is 4.74 Å². The molecule has 0 atom stereocenters. The van der Waals surface area contributed by atoms with Gasteiger partial charge in [-0.25, -0.2) is 4.98 Å². The maximum atomic E-state index is 12.3. The number of ether oxygens (including phenoxy) is 1. The normalized spacial score (nSPS) is 10.9. The summed E-state index contributed by atoms with van der Waals surface area (Å²) in [6.45, 7) is 2.58. The van der Waals surface area contributed by atoms with Gasteiger partial charge in [0.05, 0.1) is 18.7 Å². The van der Waals surface area contributed by atoms with Gasteiger partial charge >= 0.3 is 0 Å². The van der Waals surface area contributed by atoms with Gasteiger partial charge in [0.2, 0.25) is 5.91 Å². The molecule has 0 aliphatic heterocycles. The Kier molecular flexibility index (Phi) is 4.89. The zero-order valence-electron chi connectivity index (χ0n) is 14.9. The Morgan fingerprint density at radius 1 is 1.15 bits per heavy atom. The number of hydrogen-bond donors (Lipinski definition) is 1. The minimum atomic E-state index is -0.0468. The molecule has 0 unspecified atom stereocenters. The van der Waals surface area contributed by atoms with E-state index in [1.165, 1.54) is 0 Å². The van der Waals surface area contributed by atoms with Crippen LogP contribution in [0.4, 0.5) is 5.69 Å². The Morgan fingerprint density at radius 3 is 2.63 bits per heavy atom. The first-order valence-electron chi connectivity index (χ1n) is 8.75. The second-order valence-electron chi connectivity index (χ2n) is 6.10. The van der Waals surface area contributed by atoms with E-state index in [0.29, 0.717) is 13.0 Å². The van der Waals surface area contributed by atoms with Crippen molar-refractivity contribution in [2.24, 2.45) is 0 Å². The fourth-order valence-corrected chi connectivity index (χ4v) is 3.55. The summed E-state index contributed by atoms with van der Waals surface area (Å²) in [5.41, 5.74) is 3.67. The van der Waals surface area contributed by atoms with Crippen LogP contribution in [0.2, 0.25) is 0 Å². The van der Waals surface area contributed by atoms with Crippen LogP contribution in [0, 0.1) is 0 Å². The number of hydrogen-bond acceptors (Lipinski definition) is 4. The van der Waals surface area contributed by atoms with Gasteiger partial charge in [-0.15, -0.1) is 11.3 Å². The molecule has 0 spiro atoms. The fraction of sp³-hybridized carbons (Fsp3) is 0.143. The standard InChI is InChI=1S/C21H19N3O2S/c1-2-26-18-9-3-15(4-10-18)13-20(25)22-17-7-5-16(6-8-17)19-14-24-11-12-27-21(24)23-19/h3-12,14H,2,13H2,1H3,(H,22,25). The number of amides is 1. The van der Waals surface area contributed by atoms with Crippen molar-refractivity contribution in [2.45, 2.75) is 13.3 Å². The van der Waals surface area contributed by atoms with Gasteiger partial charge in [0.25, 0.3) is 0 Å². The molecule has 4 aromatic rings. The van der Waals surface area contributed by atoms with E-state index in [9.17, 15) is 4.79 Å². The van der Waals surface area contributed by atoms with Crippen molar-refractivity contribution in [3.8, 4) is 17.0 Å². The average Bonchev–Trinajstić information content (AvgIpc) is 3.26. The first kappa shape index (κ1) is 17.3. The summed E-state index contributed by atoms with van der Waals surface area (Å²) in [5.74, 6) is 0.769. The van der Waals surface area contributed by atoms with Crippen molar-refractivity contribution in [3.63, 3.8) is 0 Å². The molecule has 0 bridgehead atoms. The summed E-state index contributed by atoms with van der Waals surface area (Å²) in [6, 6.07) is 15.3. The summed E-state index contributed by atoms with van der Waals surface area (Å²) in [7, 11) is 0. The lowest BCUT2D eigenvalue weighted by atomic mass is 10.1. The number of rotatable bonds is 6. The third-order valence-corrected chi connectivity index (χ3v) is 4.93. The summed E-state index contributed by atoms with van der Waals surface area (Å²) in [6.07, 6.45) is 4.32. The average molecular weight is 377 g/mol. The molecule has 0 aliphatic rings. The van der Waals surface area contributed by atoms with Crippen LogP contribution in [-0.4, -0.2) is 21.9 Å². The van der Waals surface area contributed by atoms with E-state index in [0.717, 1.165) is 33.2 Å². The highest BCUT2D eigenvalue weighted by atomic mass is 32.1. The third kappa shape index (κ3) is 4.01. The summed E-state index contributed by atoms with van der Waals surface area (Å²) < 4.78 is 7.42. The maximum Gasteiger partial charge on any atom is 0.228 e. The van der Waals surface area contributed by atoms with Crippen LogP contribution in [0.5, 0.6) is 5.75 Å². The van der Waals surface area contributed by atoms with Crippen LogP contribution < -0.4 is 10.1 Å². The molecule has 136 valence electrons. The van der Waals surface area contributed by atoms with E-state index in [2.05, 4.69) is 10.3 Å². The molecule has 0 fully saturated rings. The largest absolute Gasteiger partial charge is 0.494 e. The molecule has 0 saturated carbocycles. The Hall–Kier alpha value is -3.12. The van der Waals surface area contributed by atoms with Gasteiger partial charge in [0, 0.05) is 29.0 Å². The number of nitrogens with zero attached hydrogens (tertiary/aromatic N) is 2. The highest BCUT2D eigenvalue weighted by Crippen LogP contribution is 2.23. The number of aromatic nitrogens is 2. The molecule has 2 aromatic heterocycles. The fourth-order valence-electron chi connectivity index (χ4n) is 2.85.